The van der Waals surface area contributed by atoms with Gasteiger partial charge in [-0.1, -0.05) is 56.2 Å². The van der Waals surface area contributed by atoms with Crippen molar-refractivity contribution in [3.63, 3.8) is 0 Å². The number of hydrogen-bond donors (Lipinski definition) is 1. The Hall–Kier alpha value is -1.83. The van der Waals surface area contributed by atoms with Crippen LogP contribution < -0.4 is 0 Å². The zero-order chi connectivity index (χ0) is 17.4. The van der Waals surface area contributed by atoms with Crippen LogP contribution in [0.3, 0.4) is 0 Å². The van der Waals surface area contributed by atoms with Crippen LogP contribution in [0, 0.1) is 5.92 Å². The van der Waals surface area contributed by atoms with Gasteiger partial charge in [0, 0.05) is 6.08 Å². The van der Waals surface area contributed by atoms with E-state index in [1.807, 2.05) is 18.2 Å². The lowest BCUT2D eigenvalue weighted by molar-refractivity contribution is -0.131. The number of carboxylic acids is 1. The van der Waals surface area contributed by atoms with E-state index in [1.165, 1.54) is 30.1 Å². The van der Waals surface area contributed by atoms with E-state index < -0.39 is 5.97 Å². The highest BCUT2D eigenvalue weighted by atomic mass is 16.4. The summed E-state index contributed by atoms with van der Waals surface area (Å²) in [7, 11) is 0. The van der Waals surface area contributed by atoms with Gasteiger partial charge in [0.15, 0.2) is 0 Å². The molecule has 0 aromatic rings. The second-order valence-corrected chi connectivity index (χ2v) is 6.55. The van der Waals surface area contributed by atoms with Gasteiger partial charge in [-0.25, -0.2) is 4.79 Å². The van der Waals surface area contributed by atoms with Crippen molar-refractivity contribution >= 4 is 5.97 Å². The van der Waals surface area contributed by atoms with Gasteiger partial charge in [-0.3, -0.25) is 0 Å². The van der Waals surface area contributed by atoms with Crippen LogP contribution in [0.15, 0.2) is 58.2 Å². The Labute approximate surface area is 141 Å². The Morgan fingerprint density at radius 1 is 1.22 bits per heavy atom. The second kappa shape index (κ2) is 9.34. The average Bonchev–Trinajstić information content (AvgIpc) is 2.45. The Kier molecular flexibility index (Phi) is 7.80. The molecule has 0 fully saturated rings. The van der Waals surface area contributed by atoms with Crippen molar-refractivity contribution in [2.45, 2.75) is 60.3 Å². The molecular formula is C21H30O2. The number of hydrogen-bond acceptors (Lipinski definition) is 1. The standard InChI is InChI=1S/C21H30O2/c1-6-18-11-8-12-19(21(18)15(2)3)13-16(4)9-7-10-17(5)14-20(22)23/h7,9-10,13-15H,6,8,11-12H2,1-5H3,(H,22,23)/b10-7+,16-9-,17-14+,19-13+. The summed E-state index contributed by atoms with van der Waals surface area (Å²) >= 11 is 0. The summed E-state index contributed by atoms with van der Waals surface area (Å²) in [5, 5.41) is 8.70. The first-order valence-electron chi connectivity index (χ1n) is 8.54. The normalized spacial score (nSPS) is 19.3. The van der Waals surface area contributed by atoms with Gasteiger partial charge in [0.2, 0.25) is 0 Å². The van der Waals surface area contributed by atoms with Crippen molar-refractivity contribution in [2.75, 3.05) is 0 Å². The highest BCUT2D eigenvalue weighted by Crippen LogP contribution is 2.36. The van der Waals surface area contributed by atoms with Crippen molar-refractivity contribution in [1.82, 2.24) is 0 Å². The van der Waals surface area contributed by atoms with Crippen LogP contribution in [0.25, 0.3) is 0 Å². The second-order valence-electron chi connectivity index (χ2n) is 6.55. The zero-order valence-electron chi connectivity index (χ0n) is 15.1. The van der Waals surface area contributed by atoms with E-state index in [4.69, 9.17) is 5.11 Å². The molecule has 23 heavy (non-hydrogen) atoms. The minimum atomic E-state index is -0.906. The summed E-state index contributed by atoms with van der Waals surface area (Å²) in [6.07, 6.45) is 14.1. The summed E-state index contributed by atoms with van der Waals surface area (Å²) in [6, 6.07) is 0. The van der Waals surface area contributed by atoms with Crippen molar-refractivity contribution < 1.29 is 9.90 Å². The van der Waals surface area contributed by atoms with E-state index in [-0.39, 0.29) is 0 Å². The van der Waals surface area contributed by atoms with Gasteiger partial charge < -0.3 is 5.11 Å². The molecule has 0 aliphatic heterocycles. The van der Waals surface area contributed by atoms with Crippen LogP contribution in [0.1, 0.15) is 60.3 Å². The van der Waals surface area contributed by atoms with Gasteiger partial charge >= 0.3 is 5.97 Å². The monoisotopic (exact) mass is 314 g/mol. The summed E-state index contributed by atoms with van der Waals surface area (Å²) in [5.74, 6) is -0.337. The minimum Gasteiger partial charge on any atom is -0.478 e. The van der Waals surface area contributed by atoms with Crippen LogP contribution >= 0.6 is 0 Å². The summed E-state index contributed by atoms with van der Waals surface area (Å²) in [6.45, 7) is 10.7. The molecule has 0 amide bonds. The van der Waals surface area contributed by atoms with Crippen LogP contribution in [-0.2, 0) is 4.79 Å². The quantitative estimate of drug-likeness (QED) is 0.483. The molecule has 0 saturated heterocycles. The Morgan fingerprint density at radius 2 is 1.91 bits per heavy atom. The van der Waals surface area contributed by atoms with Crippen LogP contribution in [0.4, 0.5) is 0 Å². The van der Waals surface area contributed by atoms with Crippen molar-refractivity contribution in [3.05, 3.63) is 58.2 Å². The minimum absolute atomic E-state index is 0.570. The molecule has 0 spiro atoms. The SMILES string of the molecule is CCC1=C(C(C)C)/C(=C/C(C)=C\C=C\C(C)=C\C(=O)O)CCC1. The highest BCUT2D eigenvalue weighted by molar-refractivity contribution is 5.81. The zero-order valence-corrected chi connectivity index (χ0v) is 15.1. The third-order valence-corrected chi connectivity index (χ3v) is 4.13. The van der Waals surface area contributed by atoms with Crippen molar-refractivity contribution in [2.24, 2.45) is 5.92 Å². The molecule has 0 bridgehead atoms. The molecule has 1 rings (SSSR count). The Morgan fingerprint density at radius 3 is 2.48 bits per heavy atom. The number of rotatable bonds is 6. The van der Waals surface area contributed by atoms with Crippen molar-refractivity contribution in [3.8, 4) is 0 Å². The van der Waals surface area contributed by atoms with Crippen molar-refractivity contribution in [1.29, 1.82) is 0 Å². The molecule has 0 radical (unpaired) electrons. The largest absolute Gasteiger partial charge is 0.478 e. The first kappa shape index (κ1) is 19.2. The van der Waals surface area contributed by atoms with E-state index in [0.717, 1.165) is 18.4 Å². The highest BCUT2D eigenvalue weighted by Gasteiger charge is 2.18. The molecule has 0 aromatic carbocycles. The van der Waals surface area contributed by atoms with E-state index >= 15 is 0 Å². The lowest BCUT2D eigenvalue weighted by Gasteiger charge is -2.26. The predicted octanol–water partition coefficient (Wildman–Crippen LogP) is 5.99. The predicted molar refractivity (Wildman–Crippen MR) is 98.4 cm³/mol. The van der Waals surface area contributed by atoms with E-state index in [2.05, 4.69) is 33.8 Å². The molecule has 0 saturated carbocycles. The maximum atomic E-state index is 10.6. The van der Waals surface area contributed by atoms with Gasteiger partial charge in [-0.15, -0.1) is 0 Å². The smallest absolute Gasteiger partial charge is 0.328 e. The molecule has 1 N–H and O–H groups in total. The molecular weight excluding hydrogens is 284 g/mol. The summed E-state index contributed by atoms with van der Waals surface area (Å²) in [4.78, 5) is 10.6. The van der Waals surface area contributed by atoms with Gasteiger partial charge in [0.1, 0.15) is 0 Å². The lowest BCUT2D eigenvalue weighted by atomic mass is 9.80. The number of carboxylic acid groups (broad SMARTS) is 1. The molecule has 0 aromatic heterocycles. The lowest BCUT2D eigenvalue weighted by Crippen LogP contribution is -2.08. The summed E-state index contributed by atoms with van der Waals surface area (Å²) < 4.78 is 0. The average molecular weight is 314 g/mol. The Bertz CT molecular complexity index is 581. The third-order valence-electron chi connectivity index (χ3n) is 4.13. The number of carbonyl (C=O) groups is 1. The molecule has 1 aliphatic carbocycles. The molecule has 126 valence electrons. The third kappa shape index (κ3) is 6.43. The van der Waals surface area contributed by atoms with Gasteiger partial charge in [-0.05, 0) is 62.2 Å². The fourth-order valence-corrected chi connectivity index (χ4v) is 3.20. The van der Waals surface area contributed by atoms with Crippen LogP contribution in [0.5, 0.6) is 0 Å². The molecule has 0 unspecified atom stereocenters. The Balaban J connectivity index is 2.97. The topological polar surface area (TPSA) is 37.3 Å². The number of aliphatic carboxylic acids is 1. The number of allylic oxidation sites excluding steroid dienone is 9. The fourth-order valence-electron chi connectivity index (χ4n) is 3.20. The molecule has 0 atom stereocenters. The van der Waals surface area contributed by atoms with Gasteiger partial charge in [0.25, 0.3) is 0 Å². The molecule has 2 heteroatoms. The summed E-state index contributed by atoms with van der Waals surface area (Å²) in [5.41, 5.74) is 6.58. The van der Waals surface area contributed by atoms with E-state index in [9.17, 15) is 4.79 Å². The maximum absolute atomic E-state index is 10.6. The van der Waals surface area contributed by atoms with Crippen LogP contribution in [-0.4, -0.2) is 11.1 Å². The van der Waals surface area contributed by atoms with Gasteiger partial charge in [0.05, 0.1) is 0 Å². The van der Waals surface area contributed by atoms with Gasteiger partial charge in [-0.2, -0.15) is 0 Å². The van der Waals surface area contributed by atoms with E-state index in [1.54, 1.807) is 18.1 Å². The molecule has 2 nitrogen and oxygen atoms in total. The maximum Gasteiger partial charge on any atom is 0.328 e. The molecule has 1 aliphatic rings. The first-order chi connectivity index (χ1) is 10.8. The van der Waals surface area contributed by atoms with E-state index in [0.29, 0.717) is 5.92 Å². The first-order valence-corrected chi connectivity index (χ1v) is 8.54. The van der Waals surface area contributed by atoms with Crippen LogP contribution in [0.2, 0.25) is 0 Å². The fraction of sp³-hybridized carbons (Fsp3) is 0.476. The molecule has 0 heterocycles.